The van der Waals surface area contributed by atoms with Gasteiger partial charge in [-0.25, -0.2) is 0 Å². The van der Waals surface area contributed by atoms with Crippen LogP contribution in [0.4, 0.5) is 0 Å². The molecule has 1 aromatic rings. The first-order valence-corrected chi connectivity index (χ1v) is 7.00. The summed E-state index contributed by atoms with van der Waals surface area (Å²) < 4.78 is 0. The number of aryl methyl sites for hydroxylation is 1. The van der Waals surface area contributed by atoms with Gasteiger partial charge >= 0.3 is 0 Å². The van der Waals surface area contributed by atoms with Gasteiger partial charge in [0.05, 0.1) is 0 Å². The first-order chi connectivity index (χ1) is 7.74. The van der Waals surface area contributed by atoms with Crippen LogP contribution in [0, 0.1) is 12.8 Å². The van der Waals surface area contributed by atoms with Gasteiger partial charge in [0.15, 0.2) is 0 Å². The molecule has 1 aliphatic heterocycles. The topological polar surface area (TPSA) is 15.3 Å². The largest absolute Gasteiger partial charge is 0.312 e. The summed E-state index contributed by atoms with van der Waals surface area (Å²) in [6, 6.07) is 4.44. The van der Waals surface area contributed by atoms with E-state index in [-0.39, 0.29) is 0 Å². The Morgan fingerprint density at radius 3 is 2.75 bits per heavy atom. The number of nitrogens with zero attached hydrogens (tertiary/aromatic N) is 1. The third kappa shape index (κ3) is 3.58. The van der Waals surface area contributed by atoms with Crippen molar-refractivity contribution < 1.29 is 0 Å². The normalized spacial score (nSPS) is 19.1. The molecule has 2 heterocycles. The van der Waals surface area contributed by atoms with E-state index in [1.807, 2.05) is 11.3 Å². The molecule has 0 unspecified atom stereocenters. The van der Waals surface area contributed by atoms with E-state index in [1.165, 1.54) is 42.2 Å². The van der Waals surface area contributed by atoms with E-state index in [1.54, 1.807) is 0 Å². The number of nitrogens with one attached hydrogen (secondary N) is 1. The van der Waals surface area contributed by atoms with Gasteiger partial charge < -0.3 is 10.2 Å². The van der Waals surface area contributed by atoms with Gasteiger partial charge in [0, 0.05) is 16.3 Å². The average molecular weight is 238 g/mol. The lowest BCUT2D eigenvalue weighted by Crippen LogP contribution is -2.34. The molecule has 0 spiro atoms. The second kappa shape index (κ2) is 5.80. The van der Waals surface area contributed by atoms with Gasteiger partial charge in [0.25, 0.3) is 0 Å². The van der Waals surface area contributed by atoms with Crippen LogP contribution in [0.5, 0.6) is 0 Å². The van der Waals surface area contributed by atoms with E-state index in [2.05, 4.69) is 36.3 Å². The molecule has 1 aliphatic rings. The standard InChI is InChI=1S/C13H22N2S/c1-11-3-4-13(16-11)10-14-9-12-5-7-15(2)8-6-12/h3-4,12,14H,5-10H2,1-2H3. The highest BCUT2D eigenvalue weighted by Gasteiger charge is 2.15. The van der Waals surface area contributed by atoms with E-state index in [4.69, 9.17) is 0 Å². The van der Waals surface area contributed by atoms with E-state index in [0.717, 1.165) is 12.5 Å². The Morgan fingerprint density at radius 2 is 2.12 bits per heavy atom. The molecular formula is C13H22N2S. The molecule has 0 amide bonds. The van der Waals surface area contributed by atoms with Crippen molar-refractivity contribution in [2.45, 2.75) is 26.3 Å². The second-order valence-electron chi connectivity index (χ2n) is 4.89. The minimum Gasteiger partial charge on any atom is -0.312 e. The van der Waals surface area contributed by atoms with Crippen LogP contribution in [-0.2, 0) is 6.54 Å². The first-order valence-electron chi connectivity index (χ1n) is 6.18. The molecule has 0 aromatic carbocycles. The van der Waals surface area contributed by atoms with Crippen molar-refractivity contribution in [1.29, 1.82) is 0 Å². The van der Waals surface area contributed by atoms with Gasteiger partial charge in [0.2, 0.25) is 0 Å². The molecule has 16 heavy (non-hydrogen) atoms. The zero-order valence-corrected chi connectivity index (χ0v) is 11.1. The van der Waals surface area contributed by atoms with Crippen LogP contribution in [0.25, 0.3) is 0 Å². The third-order valence-electron chi connectivity index (χ3n) is 3.37. The monoisotopic (exact) mass is 238 g/mol. The zero-order valence-electron chi connectivity index (χ0n) is 10.3. The Kier molecular flexibility index (Phi) is 4.38. The molecule has 0 atom stereocenters. The number of likely N-dealkylation sites (tertiary alicyclic amines) is 1. The summed E-state index contributed by atoms with van der Waals surface area (Å²) in [4.78, 5) is 5.31. The van der Waals surface area contributed by atoms with Crippen molar-refractivity contribution in [2.24, 2.45) is 5.92 Å². The molecule has 0 aliphatic carbocycles. The quantitative estimate of drug-likeness (QED) is 0.867. The highest BCUT2D eigenvalue weighted by Crippen LogP contribution is 2.17. The lowest BCUT2D eigenvalue weighted by Gasteiger charge is -2.28. The van der Waals surface area contributed by atoms with E-state index >= 15 is 0 Å². The van der Waals surface area contributed by atoms with Crippen molar-refractivity contribution in [1.82, 2.24) is 10.2 Å². The van der Waals surface area contributed by atoms with Crippen LogP contribution in [-0.4, -0.2) is 31.6 Å². The molecule has 2 rings (SSSR count). The lowest BCUT2D eigenvalue weighted by atomic mass is 9.97. The molecule has 0 radical (unpaired) electrons. The molecule has 1 N–H and O–H groups in total. The molecular weight excluding hydrogens is 216 g/mol. The van der Waals surface area contributed by atoms with Gasteiger partial charge in [-0.05, 0) is 64.5 Å². The van der Waals surface area contributed by atoms with Gasteiger partial charge in [-0.1, -0.05) is 0 Å². The fraction of sp³-hybridized carbons (Fsp3) is 0.692. The zero-order chi connectivity index (χ0) is 11.4. The maximum Gasteiger partial charge on any atom is 0.0299 e. The Balaban J connectivity index is 1.64. The molecule has 2 nitrogen and oxygen atoms in total. The van der Waals surface area contributed by atoms with E-state index in [9.17, 15) is 0 Å². The van der Waals surface area contributed by atoms with Crippen molar-refractivity contribution in [3.05, 3.63) is 21.9 Å². The van der Waals surface area contributed by atoms with Crippen LogP contribution in [0.15, 0.2) is 12.1 Å². The van der Waals surface area contributed by atoms with Crippen LogP contribution < -0.4 is 5.32 Å². The van der Waals surface area contributed by atoms with E-state index in [0.29, 0.717) is 0 Å². The summed E-state index contributed by atoms with van der Waals surface area (Å²) in [7, 11) is 2.22. The molecule has 0 saturated carbocycles. The van der Waals surface area contributed by atoms with Crippen LogP contribution in [0.1, 0.15) is 22.6 Å². The Labute approximate surface area is 103 Å². The van der Waals surface area contributed by atoms with Crippen molar-refractivity contribution >= 4 is 11.3 Å². The van der Waals surface area contributed by atoms with Crippen LogP contribution >= 0.6 is 11.3 Å². The lowest BCUT2D eigenvalue weighted by molar-refractivity contribution is 0.216. The van der Waals surface area contributed by atoms with Gasteiger partial charge in [0.1, 0.15) is 0 Å². The molecule has 3 heteroatoms. The summed E-state index contributed by atoms with van der Waals surface area (Å²) >= 11 is 1.90. The van der Waals surface area contributed by atoms with Gasteiger partial charge in [-0.3, -0.25) is 0 Å². The fourth-order valence-corrected chi connectivity index (χ4v) is 3.11. The summed E-state index contributed by atoms with van der Waals surface area (Å²) in [6.07, 6.45) is 2.71. The number of thiophene rings is 1. The SMILES string of the molecule is Cc1ccc(CNCC2CCN(C)CC2)s1. The summed E-state index contributed by atoms with van der Waals surface area (Å²) in [6.45, 7) is 6.94. The molecule has 0 bridgehead atoms. The fourth-order valence-electron chi connectivity index (χ4n) is 2.25. The molecule has 90 valence electrons. The molecule has 1 saturated heterocycles. The molecule has 1 aromatic heterocycles. The summed E-state index contributed by atoms with van der Waals surface area (Å²) in [5.74, 6) is 0.886. The Morgan fingerprint density at radius 1 is 1.38 bits per heavy atom. The van der Waals surface area contributed by atoms with Gasteiger partial charge in [-0.15, -0.1) is 11.3 Å². The van der Waals surface area contributed by atoms with Crippen LogP contribution in [0.3, 0.4) is 0 Å². The smallest absolute Gasteiger partial charge is 0.0299 e. The third-order valence-corrected chi connectivity index (χ3v) is 4.37. The highest BCUT2D eigenvalue weighted by atomic mass is 32.1. The van der Waals surface area contributed by atoms with Gasteiger partial charge in [-0.2, -0.15) is 0 Å². The molecule has 1 fully saturated rings. The maximum absolute atomic E-state index is 3.59. The minimum absolute atomic E-state index is 0.886. The van der Waals surface area contributed by atoms with Crippen molar-refractivity contribution in [3.8, 4) is 0 Å². The maximum atomic E-state index is 3.59. The van der Waals surface area contributed by atoms with Crippen LogP contribution in [0.2, 0.25) is 0 Å². The summed E-state index contributed by atoms with van der Waals surface area (Å²) in [5.41, 5.74) is 0. The number of hydrogen-bond donors (Lipinski definition) is 1. The predicted octanol–water partition coefficient (Wildman–Crippen LogP) is 2.49. The van der Waals surface area contributed by atoms with E-state index < -0.39 is 0 Å². The average Bonchev–Trinajstić information content (AvgIpc) is 2.67. The second-order valence-corrected chi connectivity index (χ2v) is 6.26. The predicted molar refractivity (Wildman–Crippen MR) is 71.0 cm³/mol. The summed E-state index contributed by atoms with van der Waals surface area (Å²) in [5, 5.41) is 3.59. The highest BCUT2D eigenvalue weighted by molar-refractivity contribution is 7.11. The minimum atomic E-state index is 0.886. The number of hydrogen-bond acceptors (Lipinski definition) is 3. The number of rotatable bonds is 4. The number of piperidine rings is 1. The van der Waals surface area contributed by atoms with Crippen molar-refractivity contribution in [3.63, 3.8) is 0 Å². The van der Waals surface area contributed by atoms with Crippen molar-refractivity contribution in [2.75, 3.05) is 26.7 Å². The Hall–Kier alpha value is -0.380. The first kappa shape index (κ1) is 12.1. The Bertz CT molecular complexity index is 313.